The van der Waals surface area contributed by atoms with E-state index in [0.717, 1.165) is 25.8 Å². The number of hydrogen-bond acceptors (Lipinski definition) is 3. The van der Waals surface area contributed by atoms with Crippen LogP contribution in [-0.2, 0) is 0 Å². The number of aliphatic hydroxyl groups excluding tert-OH is 1. The number of amides is 1. The number of carbonyl (C=O) groups excluding carboxylic acids is 1. The number of likely N-dealkylation sites (tertiary alicyclic amines) is 1. The van der Waals surface area contributed by atoms with Crippen LogP contribution in [0.15, 0.2) is 18.5 Å². The summed E-state index contributed by atoms with van der Waals surface area (Å²) in [7, 11) is 0. The fourth-order valence-electron chi connectivity index (χ4n) is 2.41. The third kappa shape index (κ3) is 2.82. The average Bonchev–Trinajstić information content (AvgIpc) is 2.40. The highest BCUT2D eigenvalue weighted by atomic mass is 35.5. The van der Waals surface area contributed by atoms with Crippen LogP contribution < -0.4 is 0 Å². The number of pyridine rings is 1. The summed E-state index contributed by atoms with van der Waals surface area (Å²) < 4.78 is 0. The zero-order chi connectivity index (χ0) is 13.0. The lowest BCUT2D eigenvalue weighted by Crippen LogP contribution is -2.44. The molecule has 1 aromatic heterocycles. The monoisotopic (exact) mass is 268 g/mol. The molecule has 1 N–H and O–H groups in total. The van der Waals surface area contributed by atoms with Crippen molar-refractivity contribution in [2.24, 2.45) is 0 Å². The number of nitrogens with zero attached hydrogens (tertiary/aromatic N) is 2. The second-order valence-electron chi connectivity index (χ2n) is 4.52. The maximum atomic E-state index is 12.4. The Morgan fingerprint density at radius 3 is 3.11 bits per heavy atom. The smallest absolute Gasteiger partial charge is 0.257 e. The van der Waals surface area contributed by atoms with E-state index in [-0.39, 0.29) is 18.6 Å². The van der Waals surface area contributed by atoms with Gasteiger partial charge in [0.05, 0.1) is 10.6 Å². The predicted octanol–water partition coefficient (Wildman–Crippen LogP) is 2.11. The molecule has 2 heterocycles. The number of carbonyl (C=O) groups is 1. The third-order valence-corrected chi connectivity index (χ3v) is 3.68. The highest BCUT2D eigenvalue weighted by Gasteiger charge is 2.28. The van der Waals surface area contributed by atoms with E-state index in [2.05, 4.69) is 4.98 Å². The molecule has 4 nitrogen and oxygen atoms in total. The van der Waals surface area contributed by atoms with E-state index in [1.807, 2.05) is 4.90 Å². The highest BCUT2D eigenvalue weighted by molar-refractivity contribution is 6.33. The maximum absolute atomic E-state index is 12.4. The van der Waals surface area contributed by atoms with E-state index < -0.39 is 0 Å². The third-order valence-electron chi connectivity index (χ3n) is 3.35. The molecule has 1 aliphatic heterocycles. The van der Waals surface area contributed by atoms with Crippen LogP contribution in [0.2, 0.25) is 5.02 Å². The van der Waals surface area contributed by atoms with Gasteiger partial charge in [-0.15, -0.1) is 0 Å². The van der Waals surface area contributed by atoms with E-state index >= 15 is 0 Å². The molecular weight excluding hydrogens is 252 g/mol. The molecule has 0 saturated carbocycles. The van der Waals surface area contributed by atoms with Crippen molar-refractivity contribution in [3.05, 3.63) is 29.0 Å². The fourth-order valence-corrected chi connectivity index (χ4v) is 2.59. The molecule has 1 atom stereocenters. The van der Waals surface area contributed by atoms with Crippen LogP contribution in [0.25, 0.3) is 0 Å². The van der Waals surface area contributed by atoms with Gasteiger partial charge in [0, 0.05) is 31.6 Å². The van der Waals surface area contributed by atoms with Gasteiger partial charge in [0.2, 0.25) is 0 Å². The fraction of sp³-hybridized carbons (Fsp3) is 0.538. The number of rotatable bonds is 3. The SMILES string of the molecule is O=C(c1cnccc1Cl)N1CCCCC1CCO. The molecule has 1 unspecified atom stereocenters. The van der Waals surface area contributed by atoms with Gasteiger partial charge in [-0.1, -0.05) is 11.6 Å². The van der Waals surface area contributed by atoms with Gasteiger partial charge in [0.1, 0.15) is 0 Å². The summed E-state index contributed by atoms with van der Waals surface area (Å²) in [6.07, 6.45) is 6.77. The summed E-state index contributed by atoms with van der Waals surface area (Å²) in [5.41, 5.74) is 0.448. The minimum absolute atomic E-state index is 0.0775. The number of hydrogen-bond donors (Lipinski definition) is 1. The summed E-state index contributed by atoms with van der Waals surface area (Å²) in [5, 5.41) is 9.50. The summed E-state index contributed by atoms with van der Waals surface area (Å²) >= 11 is 6.03. The summed E-state index contributed by atoms with van der Waals surface area (Å²) in [5.74, 6) is -0.0775. The molecule has 0 aliphatic carbocycles. The van der Waals surface area contributed by atoms with Crippen LogP contribution in [0.4, 0.5) is 0 Å². The molecule has 0 spiro atoms. The molecule has 18 heavy (non-hydrogen) atoms. The molecule has 1 amide bonds. The molecule has 0 aromatic carbocycles. The Morgan fingerprint density at radius 2 is 2.39 bits per heavy atom. The molecule has 1 aromatic rings. The van der Waals surface area contributed by atoms with E-state index in [9.17, 15) is 4.79 Å². The van der Waals surface area contributed by atoms with Crippen molar-refractivity contribution in [3.63, 3.8) is 0 Å². The average molecular weight is 269 g/mol. The summed E-state index contributed by atoms with van der Waals surface area (Å²) in [4.78, 5) is 18.2. The van der Waals surface area contributed by atoms with Crippen LogP contribution in [0.1, 0.15) is 36.0 Å². The standard InChI is InChI=1S/C13H17ClN2O2/c14-12-4-6-15-9-11(12)13(18)16-7-2-1-3-10(16)5-8-17/h4,6,9-10,17H,1-3,5,7-8H2. The van der Waals surface area contributed by atoms with Crippen molar-refractivity contribution in [1.29, 1.82) is 0 Å². The normalized spacial score (nSPS) is 19.9. The van der Waals surface area contributed by atoms with E-state index in [4.69, 9.17) is 16.7 Å². The Hall–Kier alpha value is -1.13. The van der Waals surface area contributed by atoms with Crippen LogP contribution in [0.5, 0.6) is 0 Å². The Bertz CT molecular complexity index is 423. The minimum atomic E-state index is -0.0775. The molecule has 0 radical (unpaired) electrons. The number of aromatic nitrogens is 1. The number of halogens is 1. The van der Waals surface area contributed by atoms with Crippen LogP contribution in [0, 0.1) is 0 Å². The van der Waals surface area contributed by atoms with Gasteiger partial charge in [-0.3, -0.25) is 9.78 Å². The minimum Gasteiger partial charge on any atom is -0.396 e. The quantitative estimate of drug-likeness (QED) is 0.914. The van der Waals surface area contributed by atoms with Crippen molar-refractivity contribution in [2.75, 3.05) is 13.2 Å². The van der Waals surface area contributed by atoms with Crippen molar-refractivity contribution >= 4 is 17.5 Å². The molecule has 1 saturated heterocycles. The Morgan fingerprint density at radius 1 is 1.56 bits per heavy atom. The summed E-state index contributed by atoms with van der Waals surface area (Å²) in [6, 6.07) is 1.74. The predicted molar refractivity (Wildman–Crippen MR) is 69.6 cm³/mol. The zero-order valence-electron chi connectivity index (χ0n) is 10.2. The van der Waals surface area contributed by atoms with Gasteiger partial charge in [-0.25, -0.2) is 0 Å². The van der Waals surface area contributed by atoms with Crippen molar-refractivity contribution in [3.8, 4) is 0 Å². The summed E-state index contributed by atoms with van der Waals surface area (Å²) in [6.45, 7) is 0.837. The molecule has 0 bridgehead atoms. The maximum Gasteiger partial charge on any atom is 0.257 e. The molecule has 5 heteroatoms. The first-order valence-electron chi connectivity index (χ1n) is 6.25. The van der Waals surface area contributed by atoms with Gasteiger partial charge in [0.25, 0.3) is 5.91 Å². The molecule has 1 aliphatic rings. The topological polar surface area (TPSA) is 53.4 Å². The molecule has 1 fully saturated rings. The van der Waals surface area contributed by atoms with Crippen LogP contribution >= 0.6 is 11.6 Å². The molecular formula is C13H17ClN2O2. The molecule has 98 valence electrons. The Balaban J connectivity index is 2.18. The van der Waals surface area contributed by atoms with Gasteiger partial charge < -0.3 is 10.0 Å². The second-order valence-corrected chi connectivity index (χ2v) is 4.92. The zero-order valence-corrected chi connectivity index (χ0v) is 10.9. The van der Waals surface area contributed by atoms with Gasteiger partial charge >= 0.3 is 0 Å². The largest absolute Gasteiger partial charge is 0.396 e. The highest BCUT2D eigenvalue weighted by Crippen LogP contribution is 2.24. The van der Waals surface area contributed by atoms with E-state index in [1.54, 1.807) is 12.3 Å². The van der Waals surface area contributed by atoms with Gasteiger partial charge in [-0.05, 0) is 31.7 Å². The Kier molecular flexibility index (Phi) is 4.55. The number of aliphatic hydroxyl groups is 1. The van der Waals surface area contributed by atoms with Crippen LogP contribution in [0.3, 0.4) is 0 Å². The van der Waals surface area contributed by atoms with Crippen molar-refractivity contribution < 1.29 is 9.90 Å². The van der Waals surface area contributed by atoms with Crippen molar-refractivity contribution in [1.82, 2.24) is 9.88 Å². The lowest BCUT2D eigenvalue weighted by atomic mass is 9.98. The van der Waals surface area contributed by atoms with Gasteiger partial charge in [-0.2, -0.15) is 0 Å². The lowest BCUT2D eigenvalue weighted by molar-refractivity contribution is 0.0574. The number of piperidine rings is 1. The van der Waals surface area contributed by atoms with E-state index in [1.165, 1.54) is 6.20 Å². The first kappa shape index (κ1) is 13.3. The van der Waals surface area contributed by atoms with Crippen molar-refractivity contribution in [2.45, 2.75) is 31.7 Å². The second kappa shape index (κ2) is 6.16. The van der Waals surface area contributed by atoms with E-state index in [0.29, 0.717) is 17.0 Å². The first-order chi connectivity index (χ1) is 8.74. The Labute approximate surface area is 112 Å². The first-order valence-corrected chi connectivity index (χ1v) is 6.63. The van der Waals surface area contributed by atoms with Gasteiger partial charge in [0.15, 0.2) is 0 Å². The van der Waals surface area contributed by atoms with Crippen LogP contribution in [-0.4, -0.2) is 40.1 Å². The molecule has 2 rings (SSSR count). The lowest BCUT2D eigenvalue weighted by Gasteiger charge is -2.35.